The molecule has 0 N–H and O–H groups in total. The molecule has 10 rings (SSSR count). The van der Waals surface area contributed by atoms with Gasteiger partial charge in [0.05, 0.1) is 11.6 Å². The maximum absolute atomic E-state index is 9.89. The molecule has 0 radical (unpaired) electrons. The zero-order valence-corrected chi connectivity index (χ0v) is 31.6. The fourth-order valence-corrected chi connectivity index (χ4v) is 8.36. The fraction of sp³-hybridized carbons (Fsp3) is 0.0566. The Morgan fingerprint density at radius 1 is 0.386 bits per heavy atom. The minimum absolute atomic E-state index is 0.194. The summed E-state index contributed by atoms with van der Waals surface area (Å²) in [5.74, 6) is 1.92. The van der Waals surface area contributed by atoms with E-state index < -0.39 is 0 Å². The molecule has 57 heavy (non-hydrogen) atoms. The van der Waals surface area contributed by atoms with Crippen molar-refractivity contribution >= 4 is 10.8 Å². The largest absolute Gasteiger partial charge is 0.208 e. The van der Waals surface area contributed by atoms with Crippen LogP contribution < -0.4 is 0 Å². The third-order valence-electron chi connectivity index (χ3n) is 11.4. The predicted molar refractivity (Wildman–Crippen MR) is 232 cm³/mol. The Balaban J connectivity index is 1.02. The lowest BCUT2D eigenvalue weighted by atomic mass is 9.81. The van der Waals surface area contributed by atoms with Gasteiger partial charge >= 0.3 is 0 Å². The molecule has 0 atom stereocenters. The van der Waals surface area contributed by atoms with Crippen LogP contribution in [0, 0.1) is 11.3 Å². The molecule has 9 aromatic rings. The number of fused-ring (bicyclic) bond motifs is 4. The summed E-state index contributed by atoms with van der Waals surface area (Å²) in [4.78, 5) is 14.8. The minimum atomic E-state index is -0.194. The summed E-state index contributed by atoms with van der Waals surface area (Å²) in [6.07, 6.45) is 0. The van der Waals surface area contributed by atoms with Crippen LogP contribution in [-0.2, 0) is 5.41 Å². The second-order valence-corrected chi connectivity index (χ2v) is 15.2. The van der Waals surface area contributed by atoms with Crippen LogP contribution in [-0.4, -0.2) is 15.0 Å². The number of benzene rings is 8. The highest BCUT2D eigenvalue weighted by atomic mass is 15.0. The minimum Gasteiger partial charge on any atom is -0.208 e. The normalized spacial score (nSPS) is 12.5. The summed E-state index contributed by atoms with van der Waals surface area (Å²) in [5.41, 5.74) is 15.0. The number of aromatic nitrogens is 3. The van der Waals surface area contributed by atoms with Crippen LogP contribution in [0.25, 0.3) is 89.4 Å². The van der Waals surface area contributed by atoms with Crippen molar-refractivity contribution < 1.29 is 0 Å². The summed E-state index contributed by atoms with van der Waals surface area (Å²) in [5, 5.41) is 12.3. The first-order chi connectivity index (χ1) is 27.9. The monoisotopic (exact) mass is 728 g/mol. The molecule has 0 saturated carbocycles. The van der Waals surface area contributed by atoms with Crippen LogP contribution in [0.2, 0.25) is 0 Å². The number of rotatable bonds is 6. The lowest BCUT2D eigenvalue weighted by molar-refractivity contribution is 0.660. The highest BCUT2D eigenvalue weighted by molar-refractivity contribution is 5.97. The Morgan fingerprint density at radius 3 is 1.37 bits per heavy atom. The van der Waals surface area contributed by atoms with E-state index in [0.717, 1.165) is 61.2 Å². The highest BCUT2D eigenvalue weighted by Gasteiger charge is 2.37. The molecule has 0 aliphatic heterocycles. The van der Waals surface area contributed by atoms with Gasteiger partial charge in [-0.2, -0.15) is 5.26 Å². The van der Waals surface area contributed by atoms with Gasteiger partial charge in [-0.3, -0.25) is 0 Å². The molecule has 0 amide bonds. The van der Waals surface area contributed by atoms with Gasteiger partial charge in [-0.15, -0.1) is 0 Å². The SMILES string of the molecule is CC1(C)c2cc(-c3ccc(-c4cc5ccccc5cc4-c4ccc(-c5nc(-c6ccccc6)nc(-c6ccccc6)n5)cc4)cc3)ccc2-c2c(C#N)cccc21. The first-order valence-electron chi connectivity index (χ1n) is 19.2. The topological polar surface area (TPSA) is 62.5 Å². The van der Waals surface area contributed by atoms with Gasteiger partial charge in [0.1, 0.15) is 0 Å². The lowest BCUT2D eigenvalue weighted by Gasteiger charge is -2.22. The first kappa shape index (κ1) is 34.0. The molecule has 4 nitrogen and oxygen atoms in total. The second-order valence-electron chi connectivity index (χ2n) is 15.2. The molecule has 0 fully saturated rings. The Hall–Kier alpha value is -7.48. The van der Waals surface area contributed by atoms with Crippen LogP contribution in [0.15, 0.2) is 182 Å². The van der Waals surface area contributed by atoms with Gasteiger partial charge in [-0.1, -0.05) is 172 Å². The third kappa shape index (κ3) is 5.98. The van der Waals surface area contributed by atoms with Crippen molar-refractivity contribution in [1.82, 2.24) is 15.0 Å². The average molecular weight is 729 g/mol. The summed E-state index contributed by atoms with van der Waals surface area (Å²) >= 11 is 0. The van der Waals surface area contributed by atoms with Gasteiger partial charge in [0.25, 0.3) is 0 Å². The molecule has 1 aliphatic carbocycles. The summed E-state index contributed by atoms with van der Waals surface area (Å²) in [7, 11) is 0. The fourth-order valence-electron chi connectivity index (χ4n) is 8.36. The smallest absolute Gasteiger partial charge is 0.164 e. The van der Waals surface area contributed by atoms with E-state index in [1.165, 1.54) is 27.5 Å². The number of nitriles is 1. The quantitative estimate of drug-likeness (QED) is 0.171. The van der Waals surface area contributed by atoms with E-state index in [1.54, 1.807) is 0 Å². The van der Waals surface area contributed by atoms with E-state index in [0.29, 0.717) is 17.5 Å². The van der Waals surface area contributed by atoms with Crippen LogP contribution >= 0.6 is 0 Å². The number of nitrogens with zero attached hydrogens (tertiary/aromatic N) is 4. The van der Waals surface area contributed by atoms with Gasteiger partial charge in [0, 0.05) is 27.7 Å². The van der Waals surface area contributed by atoms with Crippen molar-refractivity contribution in [1.29, 1.82) is 5.26 Å². The zero-order chi connectivity index (χ0) is 38.5. The summed E-state index contributed by atoms with van der Waals surface area (Å²) in [6.45, 7) is 4.51. The van der Waals surface area contributed by atoms with Gasteiger partial charge in [-0.25, -0.2) is 15.0 Å². The van der Waals surface area contributed by atoms with Crippen molar-refractivity contribution in [3.05, 3.63) is 199 Å². The molecule has 1 aliphatic rings. The molecule has 0 saturated heterocycles. The highest BCUT2D eigenvalue weighted by Crippen LogP contribution is 2.51. The van der Waals surface area contributed by atoms with Crippen molar-refractivity contribution in [2.24, 2.45) is 0 Å². The second kappa shape index (κ2) is 13.7. The van der Waals surface area contributed by atoms with Crippen LogP contribution in [0.3, 0.4) is 0 Å². The third-order valence-corrected chi connectivity index (χ3v) is 11.4. The van der Waals surface area contributed by atoms with Gasteiger partial charge < -0.3 is 0 Å². The standard InChI is InChI=1S/C53H36N4/c1-53(2)47-19-11-18-43(33-54)49(47)44-29-28-42(32-48(44)53)34-20-22-35(23-21-34)45-30-40-16-9-10-17-41(40)31-46(45)36-24-26-39(27-25-36)52-56-50(37-12-5-3-6-13-37)55-51(57-52)38-14-7-4-8-15-38/h3-32H,1-2H3. The molecule has 1 heterocycles. The Morgan fingerprint density at radius 2 is 0.842 bits per heavy atom. The van der Waals surface area contributed by atoms with E-state index in [4.69, 9.17) is 15.0 Å². The Labute approximate surface area is 332 Å². The molecule has 268 valence electrons. The number of hydrogen-bond donors (Lipinski definition) is 0. The molecule has 8 aromatic carbocycles. The van der Waals surface area contributed by atoms with E-state index in [2.05, 4.69) is 129 Å². The maximum Gasteiger partial charge on any atom is 0.164 e. The average Bonchev–Trinajstić information content (AvgIpc) is 3.51. The van der Waals surface area contributed by atoms with Gasteiger partial charge in [-0.05, 0) is 85.1 Å². The molecular weight excluding hydrogens is 693 g/mol. The van der Waals surface area contributed by atoms with Crippen LogP contribution in [0.1, 0.15) is 30.5 Å². The maximum atomic E-state index is 9.89. The van der Waals surface area contributed by atoms with Crippen molar-refractivity contribution in [3.63, 3.8) is 0 Å². The van der Waals surface area contributed by atoms with E-state index >= 15 is 0 Å². The molecule has 0 bridgehead atoms. The van der Waals surface area contributed by atoms with Gasteiger partial charge in [0.2, 0.25) is 0 Å². The predicted octanol–water partition coefficient (Wildman–Crippen LogP) is 13.2. The Kier molecular flexibility index (Phi) is 8.17. The van der Waals surface area contributed by atoms with Crippen LogP contribution in [0.5, 0.6) is 0 Å². The Bertz CT molecular complexity index is 2960. The van der Waals surface area contributed by atoms with E-state index in [-0.39, 0.29) is 5.41 Å². The molecular formula is C53H36N4. The summed E-state index contributed by atoms with van der Waals surface area (Å²) < 4.78 is 0. The van der Waals surface area contributed by atoms with Crippen molar-refractivity contribution in [2.75, 3.05) is 0 Å². The molecule has 0 unspecified atom stereocenters. The van der Waals surface area contributed by atoms with Crippen molar-refractivity contribution in [3.8, 4) is 84.7 Å². The lowest BCUT2D eigenvalue weighted by Crippen LogP contribution is -2.15. The number of hydrogen-bond acceptors (Lipinski definition) is 4. The van der Waals surface area contributed by atoms with Crippen molar-refractivity contribution in [2.45, 2.75) is 19.3 Å². The van der Waals surface area contributed by atoms with Gasteiger partial charge in [0.15, 0.2) is 17.5 Å². The van der Waals surface area contributed by atoms with E-state index in [9.17, 15) is 5.26 Å². The molecule has 4 heteroatoms. The van der Waals surface area contributed by atoms with E-state index in [1.807, 2.05) is 72.8 Å². The first-order valence-corrected chi connectivity index (χ1v) is 19.2. The zero-order valence-electron chi connectivity index (χ0n) is 31.6. The molecule has 1 aromatic heterocycles. The summed E-state index contributed by atoms with van der Waals surface area (Å²) in [6, 6.07) is 66.0. The van der Waals surface area contributed by atoms with Crippen LogP contribution in [0.4, 0.5) is 0 Å². The molecule has 0 spiro atoms.